The van der Waals surface area contributed by atoms with Gasteiger partial charge in [0.25, 0.3) is 5.91 Å². The number of carbonyl (C=O) groups is 1. The van der Waals surface area contributed by atoms with Crippen LogP contribution < -0.4 is 5.32 Å². The van der Waals surface area contributed by atoms with Crippen molar-refractivity contribution in [3.63, 3.8) is 0 Å². The van der Waals surface area contributed by atoms with Crippen LogP contribution in [0.3, 0.4) is 0 Å². The van der Waals surface area contributed by atoms with Gasteiger partial charge in [-0.1, -0.05) is 25.4 Å². The molecule has 0 spiro atoms. The van der Waals surface area contributed by atoms with Gasteiger partial charge in [0.15, 0.2) is 0 Å². The van der Waals surface area contributed by atoms with Crippen molar-refractivity contribution in [1.82, 2.24) is 10.3 Å². The average Bonchev–Trinajstić information content (AvgIpc) is 2.34. The lowest BCUT2D eigenvalue weighted by atomic mass is 10.1. The number of aliphatic hydroxyl groups excluding tert-OH is 2. The van der Waals surface area contributed by atoms with Crippen LogP contribution in [0.5, 0.6) is 0 Å². The Hall–Kier alpha value is -1.17. The zero-order valence-corrected chi connectivity index (χ0v) is 11.1. The van der Waals surface area contributed by atoms with E-state index < -0.39 is 12.7 Å². The van der Waals surface area contributed by atoms with E-state index in [2.05, 4.69) is 10.3 Å². The average molecular weight is 273 g/mol. The van der Waals surface area contributed by atoms with Crippen molar-refractivity contribution in [2.75, 3.05) is 13.2 Å². The van der Waals surface area contributed by atoms with Crippen LogP contribution in [-0.2, 0) is 0 Å². The molecule has 0 fully saturated rings. The van der Waals surface area contributed by atoms with Gasteiger partial charge in [-0.2, -0.15) is 0 Å². The second kappa shape index (κ2) is 6.68. The van der Waals surface area contributed by atoms with E-state index in [1.54, 1.807) is 6.07 Å². The highest BCUT2D eigenvalue weighted by Crippen LogP contribution is 2.17. The molecule has 1 unspecified atom stereocenters. The quantitative estimate of drug-likeness (QED) is 0.697. The molecule has 0 aromatic carbocycles. The lowest BCUT2D eigenvalue weighted by molar-refractivity contribution is 0.0802. The van der Waals surface area contributed by atoms with Crippen molar-refractivity contribution < 1.29 is 15.0 Å². The molecule has 1 amide bonds. The SMILES string of the molecule is CC(C)c1cc(C(=O)NCC(O)CO)cc(Cl)n1. The molecule has 0 aliphatic rings. The molecule has 1 aromatic heterocycles. The molecule has 0 saturated heterocycles. The van der Waals surface area contributed by atoms with Crippen molar-refractivity contribution in [3.8, 4) is 0 Å². The highest BCUT2D eigenvalue weighted by atomic mass is 35.5. The van der Waals surface area contributed by atoms with Gasteiger partial charge in [0, 0.05) is 17.8 Å². The fourth-order valence-corrected chi connectivity index (χ4v) is 1.54. The summed E-state index contributed by atoms with van der Waals surface area (Å²) in [6, 6.07) is 3.13. The minimum atomic E-state index is -0.962. The summed E-state index contributed by atoms with van der Waals surface area (Å²) >= 11 is 5.85. The minimum absolute atomic E-state index is 0.00765. The molecule has 0 radical (unpaired) electrons. The Bertz CT molecular complexity index is 424. The molecule has 5 nitrogen and oxygen atoms in total. The summed E-state index contributed by atoms with van der Waals surface area (Å²) in [7, 11) is 0. The number of pyridine rings is 1. The van der Waals surface area contributed by atoms with E-state index in [4.69, 9.17) is 21.8 Å². The van der Waals surface area contributed by atoms with Crippen molar-refractivity contribution in [1.29, 1.82) is 0 Å². The maximum Gasteiger partial charge on any atom is 0.251 e. The van der Waals surface area contributed by atoms with E-state index in [0.29, 0.717) is 5.56 Å². The zero-order valence-electron chi connectivity index (χ0n) is 10.4. The Balaban J connectivity index is 2.79. The number of nitrogens with zero attached hydrogens (tertiary/aromatic N) is 1. The van der Waals surface area contributed by atoms with Gasteiger partial charge in [0.05, 0.1) is 12.7 Å². The van der Waals surface area contributed by atoms with E-state index >= 15 is 0 Å². The van der Waals surface area contributed by atoms with Gasteiger partial charge in [0.1, 0.15) is 5.15 Å². The summed E-state index contributed by atoms with van der Waals surface area (Å²) in [6.07, 6.45) is -0.962. The second-order valence-corrected chi connectivity index (χ2v) is 4.69. The van der Waals surface area contributed by atoms with E-state index in [1.807, 2.05) is 13.8 Å². The first kappa shape index (κ1) is 14.9. The van der Waals surface area contributed by atoms with Gasteiger partial charge >= 0.3 is 0 Å². The maximum atomic E-state index is 11.8. The predicted octanol–water partition coefficient (Wildman–Crippen LogP) is 0.941. The zero-order chi connectivity index (χ0) is 13.7. The lowest BCUT2D eigenvalue weighted by Crippen LogP contribution is -2.34. The minimum Gasteiger partial charge on any atom is -0.394 e. The molecular weight excluding hydrogens is 256 g/mol. The topological polar surface area (TPSA) is 82.5 Å². The normalized spacial score (nSPS) is 12.6. The summed E-state index contributed by atoms with van der Waals surface area (Å²) < 4.78 is 0. The van der Waals surface area contributed by atoms with Crippen LogP contribution in [0, 0.1) is 0 Å². The molecule has 0 aliphatic heterocycles. The smallest absolute Gasteiger partial charge is 0.251 e. The fraction of sp³-hybridized carbons (Fsp3) is 0.500. The van der Waals surface area contributed by atoms with Crippen molar-refractivity contribution in [2.24, 2.45) is 0 Å². The van der Waals surface area contributed by atoms with Gasteiger partial charge in [0.2, 0.25) is 0 Å². The van der Waals surface area contributed by atoms with Crippen LogP contribution in [0.4, 0.5) is 0 Å². The summed E-state index contributed by atoms with van der Waals surface area (Å²) in [6.45, 7) is 3.51. The molecule has 100 valence electrons. The molecule has 0 aliphatic carbocycles. The lowest BCUT2D eigenvalue weighted by Gasteiger charge is -2.11. The largest absolute Gasteiger partial charge is 0.394 e. The van der Waals surface area contributed by atoms with Crippen molar-refractivity contribution in [3.05, 3.63) is 28.5 Å². The number of aromatic nitrogens is 1. The van der Waals surface area contributed by atoms with Crippen molar-refractivity contribution in [2.45, 2.75) is 25.9 Å². The number of carbonyl (C=O) groups excluding carboxylic acids is 1. The number of halogens is 1. The highest BCUT2D eigenvalue weighted by Gasteiger charge is 2.12. The molecular formula is C12H17ClN2O3. The van der Waals surface area contributed by atoms with E-state index in [-0.39, 0.29) is 23.5 Å². The van der Waals surface area contributed by atoms with Gasteiger partial charge in [-0.25, -0.2) is 4.98 Å². The molecule has 1 rings (SSSR count). The first-order valence-electron chi connectivity index (χ1n) is 5.68. The molecule has 3 N–H and O–H groups in total. The van der Waals surface area contributed by atoms with Gasteiger partial charge in [-0.15, -0.1) is 0 Å². The molecule has 1 atom stereocenters. The molecule has 1 aromatic rings. The Kier molecular flexibility index (Phi) is 5.53. The summed E-state index contributed by atoms with van der Waals surface area (Å²) in [5.41, 5.74) is 1.12. The predicted molar refractivity (Wildman–Crippen MR) is 68.8 cm³/mol. The molecule has 6 heteroatoms. The first-order valence-corrected chi connectivity index (χ1v) is 6.06. The van der Waals surface area contributed by atoms with E-state index in [1.165, 1.54) is 6.07 Å². The van der Waals surface area contributed by atoms with Crippen molar-refractivity contribution >= 4 is 17.5 Å². The number of nitrogens with one attached hydrogen (secondary N) is 1. The van der Waals surface area contributed by atoms with Gasteiger partial charge in [-0.05, 0) is 18.1 Å². The third-order valence-corrected chi connectivity index (χ3v) is 2.57. The Morgan fingerprint density at radius 2 is 2.17 bits per heavy atom. The number of hydrogen-bond donors (Lipinski definition) is 3. The van der Waals surface area contributed by atoms with Crippen LogP contribution in [-0.4, -0.2) is 40.4 Å². The monoisotopic (exact) mass is 272 g/mol. The van der Waals surface area contributed by atoms with E-state index in [9.17, 15) is 4.79 Å². The van der Waals surface area contributed by atoms with Crippen LogP contribution in [0.15, 0.2) is 12.1 Å². The summed E-state index contributed by atoms with van der Waals surface area (Å²) in [5, 5.41) is 20.6. The van der Waals surface area contributed by atoms with Crippen LogP contribution in [0.1, 0.15) is 35.8 Å². The highest BCUT2D eigenvalue weighted by molar-refractivity contribution is 6.29. The first-order chi connectivity index (χ1) is 8.43. The molecule has 0 saturated carbocycles. The Morgan fingerprint density at radius 1 is 1.50 bits per heavy atom. The van der Waals surface area contributed by atoms with Crippen LogP contribution in [0.2, 0.25) is 5.15 Å². The maximum absolute atomic E-state index is 11.8. The molecule has 1 heterocycles. The number of rotatable bonds is 5. The molecule has 0 bridgehead atoms. The van der Waals surface area contributed by atoms with Gasteiger partial charge in [-0.3, -0.25) is 4.79 Å². The fourth-order valence-electron chi connectivity index (χ4n) is 1.32. The van der Waals surface area contributed by atoms with Gasteiger partial charge < -0.3 is 15.5 Å². The van der Waals surface area contributed by atoms with Crippen LogP contribution >= 0.6 is 11.6 Å². The van der Waals surface area contributed by atoms with Crippen LogP contribution in [0.25, 0.3) is 0 Å². The number of hydrogen-bond acceptors (Lipinski definition) is 4. The third-order valence-electron chi connectivity index (χ3n) is 2.38. The summed E-state index contributed by atoms with van der Waals surface area (Å²) in [4.78, 5) is 15.9. The molecule has 18 heavy (non-hydrogen) atoms. The van der Waals surface area contributed by atoms with E-state index in [0.717, 1.165) is 5.69 Å². The number of amides is 1. The Morgan fingerprint density at radius 3 is 2.72 bits per heavy atom. The third kappa shape index (κ3) is 4.25. The second-order valence-electron chi connectivity index (χ2n) is 4.30. The summed E-state index contributed by atoms with van der Waals surface area (Å²) in [5.74, 6) is -0.188. The standard InChI is InChI=1S/C12H17ClN2O3/c1-7(2)10-3-8(4-11(13)15-10)12(18)14-5-9(17)6-16/h3-4,7,9,16-17H,5-6H2,1-2H3,(H,14,18). The number of aliphatic hydroxyl groups is 2. The Labute approximate surface area is 111 Å².